The molecule has 0 aliphatic carbocycles. The molecule has 0 aliphatic rings. The van der Waals surface area contributed by atoms with Gasteiger partial charge >= 0.3 is 0 Å². The number of aryl methyl sites for hydroxylation is 1. The summed E-state index contributed by atoms with van der Waals surface area (Å²) in [6.07, 6.45) is 0.950. The van der Waals surface area contributed by atoms with Crippen LogP contribution in [-0.2, 0) is 4.74 Å². The zero-order valence-corrected chi connectivity index (χ0v) is 9.95. The molecule has 0 radical (unpaired) electrons. The predicted molar refractivity (Wildman–Crippen MR) is 63.3 cm³/mol. The first kappa shape index (κ1) is 12.5. The van der Waals surface area contributed by atoms with Gasteiger partial charge < -0.3 is 10.1 Å². The summed E-state index contributed by atoms with van der Waals surface area (Å²) < 4.78 is 5.10. The second-order valence-electron chi connectivity index (χ2n) is 3.70. The predicted octanol–water partition coefficient (Wildman–Crippen LogP) is 2.10. The van der Waals surface area contributed by atoms with E-state index in [1.807, 2.05) is 6.92 Å². The first-order valence-electron chi connectivity index (χ1n) is 5.33. The number of anilines is 1. The average Bonchev–Trinajstić information content (AvgIpc) is 2.27. The summed E-state index contributed by atoms with van der Waals surface area (Å²) in [6, 6.07) is 5.87. The van der Waals surface area contributed by atoms with Crippen LogP contribution in [0.4, 0.5) is 5.82 Å². The number of ether oxygens (including phenoxy) is 1. The third-order valence-corrected chi connectivity index (χ3v) is 2.30. The van der Waals surface area contributed by atoms with Crippen molar-refractivity contribution in [3.8, 4) is 6.07 Å². The molecule has 1 heterocycles. The van der Waals surface area contributed by atoms with Gasteiger partial charge in [-0.15, -0.1) is 0 Å². The van der Waals surface area contributed by atoms with E-state index in [1.165, 1.54) is 0 Å². The summed E-state index contributed by atoms with van der Waals surface area (Å²) in [4.78, 5) is 4.33. The van der Waals surface area contributed by atoms with E-state index in [4.69, 9.17) is 10.00 Å². The summed E-state index contributed by atoms with van der Waals surface area (Å²) in [5, 5.41) is 12.1. The number of methoxy groups -OCH3 is 1. The summed E-state index contributed by atoms with van der Waals surface area (Å²) in [5.41, 5.74) is 1.47. The van der Waals surface area contributed by atoms with E-state index in [0.717, 1.165) is 17.9 Å². The third kappa shape index (κ3) is 3.52. The average molecular weight is 219 g/mol. The van der Waals surface area contributed by atoms with Gasteiger partial charge in [0.25, 0.3) is 0 Å². The van der Waals surface area contributed by atoms with Gasteiger partial charge in [0, 0.05) is 12.8 Å². The van der Waals surface area contributed by atoms with E-state index >= 15 is 0 Å². The number of nitriles is 1. The smallest absolute Gasteiger partial charge is 0.127 e. The molecule has 1 unspecified atom stereocenters. The molecule has 4 heteroatoms. The van der Waals surface area contributed by atoms with Crippen LogP contribution in [-0.4, -0.2) is 24.7 Å². The standard InChI is InChI=1S/C12H17N3O/c1-4-11(8-16-3)15-12-6-10(7-13)5-9(2)14-12/h5-6,11H,4,8H2,1-3H3,(H,14,15). The minimum Gasteiger partial charge on any atom is -0.383 e. The van der Waals surface area contributed by atoms with Gasteiger partial charge in [-0.3, -0.25) is 0 Å². The zero-order valence-electron chi connectivity index (χ0n) is 9.95. The van der Waals surface area contributed by atoms with Crippen molar-refractivity contribution < 1.29 is 4.74 Å². The highest BCUT2D eigenvalue weighted by Gasteiger charge is 2.07. The quantitative estimate of drug-likeness (QED) is 0.824. The molecule has 1 aromatic rings. The summed E-state index contributed by atoms with van der Waals surface area (Å²) in [6.45, 7) is 4.59. The molecule has 0 amide bonds. The van der Waals surface area contributed by atoms with Gasteiger partial charge in [-0.25, -0.2) is 4.98 Å². The van der Waals surface area contributed by atoms with Gasteiger partial charge in [0.2, 0.25) is 0 Å². The monoisotopic (exact) mass is 219 g/mol. The van der Waals surface area contributed by atoms with Crippen LogP contribution in [0.2, 0.25) is 0 Å². The largest absolute Gasteiger partial charge is 0.383 e. The number of pyridine rings is 1. The van der Waals surface area contributed by atoms with Gasteiger partial charge in [-0.05, 0) is 25.5 Å². The van der Waals surface area contributed by atoms with Gasteiger partial charge in [-0.2, -0.15) is 5.26 Å². The maximum absolute atomic E-state index is 8.85. The Morgan fingerprint density at radius 1 is 1.56 bits per heavy atom. The molecule has 1 rings (SSSR count). The molecule has 0 fully saturated rings. The van der Waals surface area contributed by atoms with Crippen LogP contribution in [0.1, 0.15) is 24.6 Å². The van der Waals surface area contributed by atoms with Crippen LogP contribution in [0.25, 0.3) is 0 Å². The third-order valence-electron chi connectivity index (χ3n) is 2.30. The number of hydrogen-bond acceptors (Lipinski definition) is 4. The molecule has 0 aliphatic heterocycles. The molecule has 0 saturated heterocycles. The maximum Gasteiger partial charge on any atom is 0.127 e. The molecule has 1 N–H and O–H groups in total. The lowest BCUT2D eigenvalue weighted by atomic mass is 10.2. The highest BCUT2D eigenvalue weighted by molar-refractivity contribution is 5.44. The van der Waals surface area contributed by atoms with Crippen molar-refractivity contribution in [1.29, 1.82) is 5.26 Å². The Morgan fingerprint density at radius 2 is 2.31 bits per heavy atom. The molecule has 0 saturated carbocycles. The second-order valence-corrected chi connectivity index (χ2v) is 3.70. The molecular formula is C12H17N3O. The van der Waals surface area contributed by atoms with Crippen molar-refractivity contribution in [2.45, 2.75) is 26.3 Å². The number of rotatable bonds is 5. The van der Waals surface area contributed by atoms with Crippen LogP contribution in [0.3, 0.4) is 0 Å². The molecule has 1 atom stereocenters. The van der Waals surface area contributed by atoms with E-state index in [1.54, 1.807) is 19.2 Å². The Balaban J connectivity index is 2.80. The molecule has 16 heavy (non-hydrogen) atoms. The Morgan fingerprint density at radius 3 is 2.88 bits per heavy atom. The van der Waals surface area contributed by atoms with Crippen molar-refractivity contribution in [3.05, 3.63) is 23.4 Å². The Bertz CT molecular complexity index is 384. The number of nitrogens with zero attached hydrogens (tertiary/aromatic N) is 2. The molecule has 1 aromatic heterocycles. The normalized spacial score (nSPS) is 11.9. The minimum atomic E-state index is 0.228. The zero-order chi connectivity index (χ0) is 12.0. The first-order chi connectivity index (χ1) is 7.69. The molecular weight excluding hydrogens is 202 g/mol. The lowest BCUT2D eigenvalue weighted by Gasteiger charge is -2.16. The van der Waals surface area contributed by atoms with Gasteiger partial charge in [0.1, 0.15) is 5.82 Å². The van der Waals surface area contributed by atoms with E-state index < -0.39 is 0 Å². The fourth-order valence-corrected chi connectivity index (χ4v) is 1.48. The fraction of sp³-hybridized carbons (Fsp3) is 0.500. The Hall–Kier alpha value is -1.60. The van der Waals surface area contributed by atoms with Crippen LogP contribution >= 0.6 is 0 Å². The van der Waals surface area contributed by atoms with E-state index in [9.17, 15) is 0 Å². The topological polar surface area (TPSA) is 57.9 Å². The van der Waals surface area contributed by atoms with Gasteiger partial charge in [-0.1, -0.05) is 6.92 Å². The molecule has 0 aromatic carbocycles. The molecule has 0 bridgehead atoms. The lowest BCUT2D eigenvalue weighted by Crippen LogP contribution is -2.24. The number of aromatic nitrogens is 1. The van der Waals surface area contributed by atoms with Crippen molar-refractivity contribution in [3.63, 3.8) is 0 Å². The summed E-state index contributed by atoms with van der Waals surface area (Å²) >= 11 is 0. The minimum absolute atomic E-state index is 0.228. The van der Waals surface area contributed by atoms with Gasteiger partial charge in [0.05, 0.1) is 24.3 Å². The SMILES string of the molecule is CCC(COC)Nc1cc(C#N)cc(C)n1. The van der Waals surface area contributed by atoms with E-state index in [2.05, 4.69) is 23.3 Å². The maximum atomic E-state index is 8.85. The molecule has 4 nitrogen and oxygen atoms in total. The van der Waals surface area contributed by atoms with E-state index in [-0.39, 0.29) is 6.04 Å². The summed E-state index contributed by atoms with van der Waals surface area (Å²) in [5.74, 6) is 0.737. The van der Waals surface area contributed by atoms with Crippen LogP contribution in [0, 0.1) is 18.3 Å². The highest BCUT2D eigenvalue weighted by atomic mass is 16.5. The van der Waals surface area contributed by atoms with Crippen LogP contribution in [0.5, 0.6) is 0 Å². The number of nitrogens with one attached hydrogen (secondary N) is 1. The van der Waals surface area contributed by atoms with E-state index in [0.29, 0.717) is 12.2 Å². The highest BCUT2D eigenvalue weighted by Crippen LogP contribution is 2.11. The van der Waals surface area contributed by atoms with Crippen molar-refractivity contribution >= 4 is 5.82 Å². The van der Waals surface area contributed by atoms with Crippen molar-refractivity contribution in [1.82, 2.24) is 4.98 Å². The van der Waals surface area contributed by atoms with Crippen molar-refractivity contribution in [2.24, 2.45) is 0 Å². The lowest BCUT2D eigenvalue weighted by molar-refractivity contribution is 0.184. The Labute approximate surface area is 96.3 Å². The second kappa shape index (κ2) is 6.09. The first-order valence-corrected chi connectivity index (χ1v) is 5.33. The fourth-order valence-electron chi connectivity index (χ4n) is 1.48. The van der Waals surface area contributed by atoms with Crippen LogP contribution < -0.4 is 5.32 Å². The Kier molecular flexibility index (Phi) is 4.74. The summed E-state index contributed by atoms with van der Waals surface area (Å²) in [7, 11) is 1.68. The number of hydrogen-bond donors (Lipinski definition) is 1. The van der Waals surface area contributed by atoms with Crippen molar-refractivity contribution in [2.75, 3.05) is 19.0 Å². The van der Waals surface area contributed by atoms with Gasteiger partial charge in [0.15, 0.2) is 0 Å². The molecule has 86 valence electrons. The molecule has 0 spiro atoms. The van der Waals surface area contributed by atoms with Crippen LogP contribution in [0.15, 0.2) is 12.1 Å².